The summed E-state index contributed by atoms with van der Waals surface area (Å²) in [7, 11) is 0. The summed E-state index contributed by atoms with van der Waals surface area (Å²) in [6, 6.07) is 1.35. The van der Waals surface area contributed by atoms with Crippen LogP contribution in [0.5, 0.6) is 0 Å². The van der Waals surface area contributed by atoms with E-state index in [9.17, 15) is 4.79 Å². The molecule has 0 fully saturated rings. The smallest absolute Gasteiger partial charge is 0.345 e. The maximum Gasteiger partial charge on any atom is 0.345 e. The van der Waals surface area contributed by atoms with Gasteiger partial charge in [-0.15, -0.1) is 0 Å². The molecule has 0 saturated heterocycles. The van der Waals surface area contributed by atoms with Gasteiger partial charge in [-0.2, -0.15) is 0 Å². The largest absolute Gasteiger partial charge is 0.479 e. The second kappa shape index (κ2) is 3.04. The molecule has 0 aliphatic heterocycles. The molecule has 12 heavy (non-hydrogen) atoms. The first-order valence-corrected chi connectivity index (χ1v) is 3.40. The number of nitrogens with two attached hydrogens (primary N) is 1. The summed E-state index contributed by atoms with van der Waals surface area (Å²) in [6.07, 6.45) is 2.55. The highest BCUT2D eigenvalue weighted by molar-refractivity contribution is 6.32. The number of aromatic nitrogens is 2. The molecule has 1 atom stereocenters. The molecule has 1 unspecified atom stereocenters. The Morgan fingerprint density at radius 1 is 1.75 bits per heavy atom. The van der Waals surface area contributed by atoms with Gasteiger partial charge in [0.1, 0.15) is 6.33 Å². The summed E-state index contributed by atoms with van der Waals surface area (Å²) in [5, 5.41) is 8.58. The Morgan fingerprint density at radius 3 is 2.83 bits per heavy atom. The summed E-state index contributed by atoms with van der Waals surface area (Å²) in [5.41, 5.74) is 5.32. The van der Waals surface area contributed by atoms with Crippen molar-refractivity contribution < 1.29 is 9.90 Å². The molecule has 64 valence electrons. The Bertz CT molecular complexity index is 288. The Balaban J connectivity index is 3.06. The van der Waals surface area contributed by atoms with E-state index in [4.69, 9.17) is 22.4 Å². The highest BCUT2D eigenvalue weighted by Crippen LogP contribution is 2.19. The number of carboxylic acid groups (broad SMARTS) is 1. The molecule has 0 aromatic carbocycles. The molecule has 6 heteroatoms. The third-order valence-corrected chi connectivity index (χ3v) is 1.62. The summed E-state index contributed by atoms with van der Waals surface area (Å²) in [4.78, 5) is 15.8. The lowest BCUT2D eigenvalue weighted by Crippen LogP contribution is -2.39. The predicted octanol–water partition coefficient (Wildman–Crippen LogP) is -0.0885. The molecule has 0 bridgehead atoms. The average molecular weight is 188 g/mol. The number of carboxylic acids is 1. The Hall–Kier alpha value is -1.20. The van der Waals surface area contributed by atoms with Crippen molar-refractivity contribution in [1.29, 1.82) is 0 Å². The first kappa shape index (κ1) is 8.89. The first-order chi connectivity index (χ1) is 5.55. The van der Waals surface area contributed by atoms with Crippen LogP contribution in [0.25, 0.3) is 0 Å². The van der Waals surface area contributed by atoms with E-state index in [1.807, 2.05) is 0 Å². The third kappa shape index (κ3) is 1.51. The predicted molar refractivity (Wildman–Crippen MR) is 41.4 cm³/mol. The minimum absolute atomic E-state index is 0.0617. The van der Waals surface area contributed by atoms with E-state index < -0.39 is 11.0 Å². The third-order valence-electron chi connectivity index (χ3n) is 1.27. The average Bonchev–Trinajstić information content (AvgIpc) is 2.06. The van der Waals surface area contributed by atoms with Gasteiger partial charge in [-0.25, -0.2) is 14.8 Å². The topological polar surface area (TPSA) is 89.1 Å². The number of carbonyl (C=O) groups is 1. The Kier molecular flexibility index (Phi) is 2.25. The fourth-order valence-electron chi connectivity index (χ4n) is 0.615. The van der Waals surface area contributed by atoms with E-state index in [-0.39, 0.29) is 5.69 Å². The van der Waals surface area contributed by atoms with Gasteiger partial charge in [-0.3, -0.25) is 5.73 Å². The highest BCUT2D eigenvalue weighted by atomic mass is 35.5. The van der Waals surface area contributed by atoms with Crippen molar-refractivity contribution in [1.82, 2.24) is 9.97 Å². The fraction of sp³-hybridized carbons (Fsp3) is 0.167. The van der Waals surface area contributed by atoms with Crippen molar-refractivity contribution in [2.75, 3.05) is 0 Å². The molecule has 0 radical (unpaired) electrons. The molecule has 0 saturated carbocycles. The molecule has 0 spiro atoms. The van der Waals surface area contributed by atoms with Crippen molar-refractivity contribution in [3.8, 4) is 0 Å². The van der Waals surface area contributed by atoms with Crippen LogP contribution in [0, 0.1) is 0 Å². The van der Waals surface area contributed by atoms with Crippen LogP contribution in [-0.2, 0) is 9.79 Å². The number of alkyl halides is 1. The van der Waals surface area contributed by atoms with E-state index >= 15 is 0 Å². The summed E-state index contributed by atoms with van der Waals surface area (Å²) in [5.74, 6) is -1.34. The second-order valence-electron chi connectivity index (χ2n) is 2.11. The van der Waals surface area contributed by atoms with Crippen LogP contribution in [0.2, 0.25) is 0 Å². The van der Waals surface area contributed by atoms with Crippen LogP contribution in [0.15, 0.2) is 18.6 Å². The summed E-state index contributed by atoms with van der Waals surface area (Å²) < 4.78 is 0. The first-order valence-electron chi connectivity index (χ1n) is 3.03. The molecule has 0 amide bonds. The normalized spacial score (nSPS) is 15.2. The van der Waals surface area contributed by atoms with Gasteiger partial charge in [0, 0.05) is 6.20 Å². The van der Waals surface area contributed by atoms with Crippen LogP contribution in [0.4, 0.5) is 0 Å². The Morgan fingerprint density at radius 2 is 2.42 bits per heavy atom. The minimum Gasteiger partial charge on any atom is -0.479 e. The summed E-state index contributed by atoms with van der Waals surface area (Å²) in [6.45, 7) is 0. The summed E-state index contributed by atoms with van der Waals surface area (Å²) >= 11 is 5.48. The molecule has 0 aliphatic carbocycles. The van der Waals surface area contributed by atoms with Crippen molar-refractivity contribution in [3.05, 3.63) is 24.3 Å². The van der Waals surface area contributed by atoms with Gasteiger partial charge < -0.3 is 5.11 Å². The SMILES string of the molecule is NC(Cl)(C(=O)O)c1ccncn1. The van der Waals surface area contributed by atoms with Crippen molar-refractivity contribution in [2.45, 2.75) is 5.00 Å². The lowest BCUT2D eigenvalue weighted by Gasteiger charge is -2.14. The molecule has 0 aliphatic rings. The van der Waals surface area contributed by atoms with E-state index in [0.29, 0.717) is 0 Å². The number of nitrogens with zero attached hydrogens (tertiary/aromatic N) is 2. The van der Waals surface area contributed by atoms with Gasteiger partial charge in [0.05, 0.1) is 5.69 Å². The van der Waals surface area contributed by atoms with Crippen LogP contribution >= 0.6 is 11.6 Å². The van der Waals surface area contributed by atoms with Crippen molar-refractivity contribution in [2.24, 2.45) is 5.73 Å². The highest BCUT2D eigenvalue weighted by Gasteiger charge is 2.34. The van der Waals surface area contributed by atoms with Crippen LogP contribution in [0.3, 0.4) is 0 Å². The molecule has 1 rings (SSSR count). The number of rotatable bonds is 2. The van der Waals surface area contributed by atoms with Gasteiger partial charge in [0.25, 0.3) is 0 Å². The lowest BCUT2D eigenvalue weighted by atomic mass is 10.2. The molecule has 5 nitrogen and oxygen atoms in total. The molecule has 3 N–H and O–H groups in total. The molecular weight excluding hydrogens is 182 g/mol. The van der Waals surface area contributed by atoms with Gasteiger partial charge in [-0.1, -0.05) is 11.6 Å². The molecular formula is C6H6ClN3O2. The standard InChI is InChI=1S/C6H6ClN3O2/c7-6(8,5(11)12)4-1-2-9-3-10-4/h1-3H,8H2,(H,11,12). The minimum atomic E-state index is -1.97. The number of halogens is 1. The zero-order valence-corrected chi connectivity index (χ0v) is 6.69. The van der Waals surface area contributed by atoms with Crippen molar-refractivity contribution in [3.63, 3.8) is 0 Å². The number of aliphatic carboxylic acids is 1. The van der Waals surface area contributed by atoms with Crippen LogP contribution in [0.1, 0.15) is 5.69 Å². The maximum atomic E-state index is 10.5. The number of hydrogen-bond acceptors (Lipinski definition) is 4. The molecule has 1 aromatic heterocycles. The maximum absolute atomic E-state index is 10.5. The molecule has 1 heterocycles. The van der Waals surface area contributed by atoms with E-state index in [2.05, 4.69) is 9.97 Å². The van der Waals surface area contributed by atoms with E-state index in [1.165, 1.54) is 18.6 Å². The zero-order chi connectivity index (χ0) is 9.19. The van der Waals surface area contributed by atoms with Gasteiger partial charge in [0.15, 0.2) is 0 Å². The van der Waals surface area contributed by atoms with Crippen LogP contribution in [-0.4, -0.2) is 21.0 Å². The van der Waals surface area contributed by atoms with Gasteiger partial charge >= 0.3 is 5.97 Å². The lowest BCUT2D eigenvalue weighted by molar-refractivity contribution is -0.140. The van der Waals surface area contributed by atoms with E-state index in [1.54, 1.807) is 0 Å². The Labute approximate surface area is 73.2 Å². The molecule has 1 aromatic rings. The van der Waals surface area contributed by atoms with Crippen LogP contribution < -0.4 is 5.73 Å². The zero-order valence-electron chi connectivity index (χ0n) is 5.94. The monoisotopic (exact) mass is 187 g/mol. The number of hydrogen-bond donors (Lipinski definition) is 2. The quantitative estimate of drug-likeness (QED) is 0.499. The fourth-order valence-corrected chi connectivity index (χ4v) is 0.727. The van der Waals surface area contributed by atoms with Gasteiger partial charge in [-0.05, 0) is 6.07 Å². The van der Waals surface area contributed by atoms with E-state index in [0.717, 1.165) is 0 Å². The van der Waals surface area contributed by atoms with Gasteiger partial charge in [0.2, 0.25) is 5.00 Å². The second-order valence-corrected chi connectivity index (χ2v) is 2.71. The van der Waals surface area contributed by atoms with Crippen molar-refractivity contribution >= 4 is 17.6 Å².